The maximum Gasteiger partial charge on any atom is 0.222 e. The van der Waals surface area contributed by atoms with Gasteiger partial charge in [-0.15, -0.1) is 0 Å². The fourth-order valence-corrected chi connectivity index (χ4v) is 1.87. The van der Waals surface area contributed by atoms with E-state index in [2.05, 4.69) is 21.2 Å². The standard InChI is InChI=1S/C14H20BrNO4/c1-18-7-5-14(17)16-6-4-10-8-13(20-3)11(15)9-12(10)19-2/h8-9H,4-7H2,1-3H3,(H,16,17)/i4D2,6D2. The van der Waals surface area contributed by atoms with Gasteiger partial charge in [0.05, 0.1) is 25.3 Å². The molecule has 0 unspecified atom stereocenters. The molecule has 0 spiro atoms. The zero-order valence-corrected chi connectivity index (χ0v) is 13.2. The van der Waals surface area contributed by atoms with E-state index in [9.17, 15) is 4.79 Å². The highest BCUT2D eigenvalue weighted by Crippen LogP contribution is 2.32. The summed E-state index contributed by atoms with van der Waals surface area (Å²) in [7, 11) is 4.17. The van der Waals surface area contributed by atoms with E-state index in [4.69, 9.17) is 19.7 Å². The van der Waals surface area contributed by atoms with Crippen LogP contribution in [0.25, 0.3) is 0 Å². The summed E-state index contributed by atoms with van der Waals surface area (Å²) >= 11 is 3.26. The number of halogens is 1. The van der Waals surface area contributed by atoms with Crippen LogP contribution < -0.4 is 14.8 Å². The zero-order chi connectivity index (χ0) is 18.5. The van der Waals surface area contributed by atoms with Gasteiger partial charge in [-0.2, -0.15) is 0 Å². The molecule has 0 fully saturated rings. The van der Waals surface area contributed by atoms with Crippen molar-refractivity contribution >= 4 is 21.8 Å². The third-order valence-corrected chi connectivity index (χ3v) is 3.03. The molecule has 5 nitrogen and oxygen atoms in total. The largest absolute Gasteiger partial charge is 0.496 e. The molecular weight excluding hydrogens is 326 g/mol. The van der Waals surface area contributed by atoms with E-state index in [-0.39, 0.29) is 24.3 Å². The lowest BCUT2D eigenvalue weighted by atomic mass is 10.1. The highest BCUT2D eigenvalue weighted by Gasteiger charge is 2.10. The molecule has 0 bridgehead atoms. The number of hydrogen-bond donors (Lipinski definition) is 1. The first-order valence-corrected chi connectivity index (χ1v) is 6.62. The van der Waals surface area contributed by atoms with Crippen LogP contribution >= 0.6 is 15.9 Å². The summed E-state index contributed by atoms with van der Waals surface area (Å²) in [4.78, 5) is 11.8. The Morgan fingerprint density at radius 1 is 1.30 bits per heavy atom. The number of hydrogen-bond acceptors (Lipinski definition) is 4. The van der Waals surface area contributed by atoms with Crippen LogP contribution in [0.2, 0.25) is 0 Å². The van der Waals surface area contributed by atoms with E-state index < -0.39 is 18.8 Å². The summed E-state index contributed by atoms with van der Waals surface area (Å²) in [5, 5.41) is 2.06. The number of rotatable bonds is 8. The first kappa shape index (κ1) is 11.4. The van der Waals surface area contributed by atoms with E-state index in [0.29, 0.717) is 10.2 Å². The van der Waals surface area contributed by atoms with E-state index >= 15 is 0 Å². The Morgan fingerprint density at radius 3 is 2.60 bits per heavy atom. The van der Waals surface area contributed by atoms with Gasteiger partial charge in [-0.1, -0.05) is 0 Å². The monoisotopic (exact) mass is 349 g/mol. The zero-order valence-electron chi connectivity index (χ0n) is 15.6. The molecule has 0 saturated carbocycles. The lowest BCUT2D eigenvalue weighted by Gasteiger charge is -2.12. The third-order valence-electron chi connectivity index (χ3n) is 2.41. The van der Waals surface area contributed by atoms with E-state index in [1.54, 1.807) is 0 Å². The molecule has 0 aliphatic heterocycles. The van der Waals surface area contributed by atoms with Gasteiger partial charge in [-0.25, -0.2) is 0 Å². The Bertz CT molecular complexity index is 598. The van der Waals surface area contributed by atoms with Crippen LogP contribution in [0.5, 0.6) is 11.5 Å². The second kappa shape index (κ2) is 8.81. The number of amides is 1. The minimum Gasteiger partial charge on any atom is -0.496 e. The van der Waals surface area contributed by atoms with Gasteiger partial charge in [0.2, 0.25) is 5.91 Å². The second-order valence-electron chi connectivity index (χ2n) is 3.73. The van der Waals surface area contributed by atoms with Crippen LogP contribution in [-0.2, 0) is 15.9 Å². The van der Waals surface area contributed by atoms with Gasteiger partial charge in [0.25, 0.3) is 0 Å². The van der Waals surface area contributed by atoms with Crippen molar-refractivity contribution in [2.75, 3.05) is 34.4 Å². The normalized spacial score (nSPS) is 14.6. The predicted octanol–water partition coefficient (Wildman–Crippen LogP) is 2.16. The summed E-state index contributed by atoms with van der Waals surface area (Å²) in [5.41, 5.74) is -0.0814. The summed E-state index contributed by atoms with van der Waals surface area (Å²) in [6.45, 7) is -2.57. The lowest BCUT2D eigenvalue weighted by Crippen LogP contribution is -2.26. The molecular formula is C14H20BrNO4. The molecule has 1 aromatic rings. The fourth-order valence-electron chi connectivity index (χ4n) is 1.38. The number of ether oxygens (including phenoxy) is 3. The quantitative estimate of drug-likeness (QED) is 0.781. The van der Waals surface area contributed by atoms with Crippen molar-refractivity contribution in [3.63, 3.8) is 0 Å². The average molecular weight is 350 g/mol. The summed E-state index contributed by atoms with van der Waals surface area (Å²) in [5.74, 6) is -0.215. The SMILES string of the molecule is [2H]C([2H])(NC(=O)CCOC)C([2H])([2H])c1cc(OC)c(Br)cc1OC. The molecule has 112 valence electrons. The molecule has 0 aliphatic rings. The Hall–Kier alpha value is -1.27. The number of methoxy groups -OCH3 is 3. The van der Waals surface area contributed by atoms with E-state index in [1.165, 1.54) is 33.5 Å². The Morgan fingerprint density at radius 2 is 2.00 bits per heavy atom. The third kappa shape index (κ3) is 5.02. The summed E-state index contributed by atoms with van der Waals surface area (Å²) in [6.07, 6.45) is -2.65. The Balaban J connectivity index is 3.23. The van der Waals surface area contributed by atoms with Gasteiger partial charge >= 0.3 is 0 Å². The van der Waals surface area contributed by atoms with Gasteiger partial charge in [0.15, 0.2) is 0 Å². The molecule has 1 amide bonds. The molecule has 0 heterocycles. The van der Waals surface area contributed by atoms with Crippen LogP contribution in [-0.4, -0.2) is 40.3 Å². The molecule has 0 aromatic heterocycles. The molecule has 0 atom stereocenters. The first-order valence-electron chi connectivity index (χ1n) is 7.82. The van der Waals surface area contributed by atoms with Gasteiger partial charge in [0.1, 0.15) is 11.5 Å². The second-order valence-corrected chi connectivity index (χ2v) is 4.58. The highest BCUT2D eigenvalue weighted by atomic mass is 79.9. The summed E-state index contributed by atoms with van der Waals surface area (Å²) in [6, 6.07) is 2.82. The topological polar surface area (TPSA) is 56.8 Å². The molecule has 0 radical (unpaired) electrons. The molecule has 1 aromatic carbocycles. The van der Waals surface area contributed by atoms with Crippen molar-refractivity contribution in [2.45, 2.75) is 12.8 Å². The number of carbonyl (C=O) groups excluding carboxylic acids is 1. The number of aryl methyl sites for hydroxylation is 1. The maximum atomic E-state index is 11.8. The fraction of sp³-hybridized carbons (Fsp3) is 0.500. The average Bonchev–Trinajstić information content (AvgIpc) is 2.51. The summed E-state index contributed by atoms with van der Waals surface area (Å²) < 4.78 is 48.0. The van der Waals surface area contributed by atoms with E-state index in [1.807, 2.05) is 0 Å². The van der Waals surface area contributed by atoms with Gasteiger partial charge in [0, 0.05) is 25.5 Å². The van der Waals surface area contributed by atoms with Crippen molar-refractivity contribution < 1.29 is 24.5 Å². The Kier molecular flexibility index (Phi) is 5.02. The van der Waals surface area contributed by atoms with Crippen molar-refractivity contribution in [1.82, 2.24) is 5.32 Å². The van der Waals surface area contributed by atoms with Gasteiger partial charge < -0.3 is 19.5 Å². The van der Waals surface area contributed by atoms with Crippen molar-refractivity contribution in [2.24, 2.45) is 0 Å². The lowest BCUT2D eigenvalue weighted by molar-refractivity contribution is -0.121. The minimum absolute atomic E-state index is 0.0765. The Labute approximate surface area is 133 Å². The first-order chi connectivity index (χ1) is 11.1. The highest BCUT2D eigenvalue weighted by molar-refractivity contribution is 9.10. The van der Waals surface area contributed by atoms with Crippen molar-refractivity contribution in [3.05, 3.63) is 22.2 Å². The van der Waals surface area contributed by atoms with Crippen LogP contribution in [0.3, 0.4) is 0 Å². The van der Waals surface area contributed by atoms with Crippen LogP contribution in [0.15, 0.2) is 16.6 Å². The molecule has 0 saturated heterocycles. The molecule has 1 rings (SSSR count). The van der Waals surface area contributed by atoms with Crippen molar-refractivity contribution in [3.8, 4) is 11.5 Å². The number of benzene rings is 1. The van der Waals surface area contributed by atoms with Crippen LogP contribution in [0, 0.1) is 0 Å². The van der Waals surface area contributed by atoms with Crippen LogP contribution in [0.4, 0.5) is 0 Å². The number of nitrogens with one attached hydrogen (secondary N) is 1. The van der Waals surface area contributed by atoms with Gasteiger partial charge in [-0.3, -0.25) is 4.79 Å². The van der Waals surface area contributed by atoms with E-state index in [0.717, 1.165) is 0 Å². The smallest absolute Gasteiger partial charge is 0.222 e. The maximum absolute atomic E-state index is 11.8. The molecule has 0 aliphatic carbocycles. The minimum atomic E-state index is -2.68. The van der Waals surface area contributed by atoms with Gasteiger partial charge in [-0.05, 0) is 40.0 Å². The number of carbonyl (C=O) groups is 1. The molecule has 20 heavy (non-hydrogen) atoms. The molecule has 6 heteroatoms. The van der Waals surface area contributed by atoms with Crippen LogP contribution in [0.1, 0.15) is 17.5 Å². The molecule has 1 N–H and O–H groups in total. The van der Waals surface area contributed by atoms with Crippen molar-refractivity contribution in [1.29, 1.82) is 0 Å². The predicted molar refractivity (Wildman–Crippen MR) is 80.5 cm³/mol.